The molecule has 1 aromatic heterocycles. The molecule has 1 saturated carbocycles. The van der Waals surface area contributed by atoms with Crippen molar-refractivity contribution in [3.8, 4) is 6.07 Å². The van der Waals surface area contributed by atoms with Gasteiger partial charge in [-0.3, -0.25) is 0 Å². The Balaban J connectivity index is 2.32. The first-order valence-electron chi connectivity index (χ1n) is 4.26. The lowest BCUT2D eigenvalue weighted by Crippen LogP contribution is -2.21. The molecule has 4 heteroatoms. The zero-order valence-corrected chi connectivity index (χ0v) is 7.44. The first-order valence-corrected chi connectivity index (χ1v) is 4.26. The molecule has 2 rings (SSSR count). The molecular weight excluding hydrogens is 164 g/mol. The van der Waals surface area contributed by atoms with Gasteiger partial charge < -0.3 is 4.90 Å². The van der Waals surface area contributed by atoms with Gasteiger partial charge >= 0.3 is 0 Å². The van der Waals surface area contributed by atoms with Gasteiger partial charge in [-0.15, -0.1) is 0 Å². The molecule has 0 N–H and O–H groups in total. The van der Waals surface area contributed by atoms with E-state index in [1.54, 1.807) is 6.20 Å². The third kappa shape index (κ3) is 1.45. The lowest BCUT2D eigenvalue weighted by atomic mass is 10.3. The van der Waals surface area contributed by atoms with Crippen LogP contribution in [0.4, 0.5) is 5.82 Å². The maximum absolute atomic E-state index is 8.81. The standard InChI is InChI=1S/C9H10N4/c1-13(8-2-3-8)9-7(4-10)5-11-6-12-9/h5-6,8H,2-3H2,1H3. The Labute approximate surface area is 76.8 Å². The minimum absolute atomic E-state index is 0.553. The summed E-state index contributed by atoms with van der Waals surface area (Å²) in [5.41, 5.74) is 0.553. The molecule has 0 spiro atoms. The van der Waals surface area contributed by atoms with Gasteiger partial charge in [0.05, 0.1) is 6.20 Å². The second kappa shape index (κ2) is 3.02. The maximum atomic E-state index is 8.81. The monoisotopic (exact) mass is 174 g/mol. The van der Waals surface area contributed by atoms with Gasteiger partial charge in [0.15, 0.2) is 0 Å². The van der Waals surface area contributed by atoms with E-state index >= 15 is 0 Å². The highest BCUT2D eigenvalue weighted by atomic mass is 15.2. The van der Waals surface area contributed by atoms with Crippen molar-refractivity contribution in [2.75, 3.05) is 11.9 Å². The highest BCUT2D eigenvalue weighted by molar-refractivity contribution is 5.53. The van der Waals surface area contributed by atoms with Crippen molar-refractivity contribution >= 4 is 5.82 Å². The van der Waals surface area contributed by atoms with Crippen LogP contribution in [0.3, 0.4) is 0 Å². The molecule has 0 amide bonds. The minimum Gasteiger partial charge on any atom is -0.355 e. The van der Waals surface area contributed by atoms with Crippen molar-refractivity contribution in [3.05, 3.63) is 18.1 Å². The highest BCUT2D eigenvalue weighted by Gasteiger charge is 2.28. The summed E-state index contributed by atoms with van der Waals surface area (Å²) < 4.78 is 0. The summed E-state index contributed by atoms with van der Waals surface area (Å²) >= 11 is 0. The van der Waals surface area contributed by atoms with E-state index < -0.39 is 0 Å². The second-order valence-electron chi connectivity index (χ2n) is 3.21. The first kappa shape index (κ1) is 7.99. The fraction of sp³-hybridized carbons (Fsp3) is 0.444. The number of rotatable bonds is 2. The average molecular weight is 174 g/mol. The Kier molecular flexibility index (Phi) is 1.85. The predicted molar refractivity (Wildman–Crippen MR) is 48.2 cm³/mol. The minimum atomic E-state index is 0.553. The topological polar surface area (TPSA) is 52.8 Å². The van der Waals surface area contributed by atoms with Crippen molar-refractivity contribution < 1.29 is 0 Å². The van der Waals surface area contributed by atoms with Crippen LogP contribution in [0.5, 0.6) is 0 Å². The van der Waals surface area contributed by atoms with Gasteiger partial charge in [-0.2, -0.15) is 5.26 Å². The molecule has 0 atom stereocenters. The zero-order chi connectivity index (χ0) is 9.26. The molecule has 1 aromatic rings. The number of aromatic nitrogens is 2. The molecule has 1 fully saturated rings. The smallest absolute Gasteiger partial charge is 0.149 e. The second-order valence-corrected chi connectivity index (χ2v) is 3.21. The number of hydrogen-bond donors (Lipinski definition) is 0. The van der Waals surface area contributed by atoms with Crippen LogP contribution in [0.15, 0.2) is 12.5 Å². The van der Waals surface area contributed by atoms with Crippen LogP contribution in [0.2, 0.25) is 0 Å². The maximum Gasteiger partial charge on any atom is 0.149 e. The van der Waals surface area contributed by atoms with E-state index in [0.717, 1.165) is 5.82 Å². The summed E-state index contributed by atoms with van der Waals surface area (Å²) in [6, 6.07) is 2.66. The first-order chi connectivity index (χ1) is 6.33. The zero-order valence-electron chi connectivity index (χ0n) is 7.44. The van der Waals surface area contributed by atoms with Crippen LogP contribution in [-0.4, -0.2) is 23.1 Å². The Morgan fingerprint density at radius 3 is 3.00 bits per heavy atom. The average Bonchev–Trinajstić information content (AvgIpc) is 3.00. The molecule has 0 aromatic carbocycles. The molecule has 1 aliphatic carbocycles. The van der Waals surface area contributed by atoms with E-state index in [9.17, 15) is 0 Å². The van der Waals surface area contributed by atoms with E-state index in [-0.39, 0.29) is 0 Å². The van der Waals surface area contributed by atoms with Crippen LogP contribution < -0.4 is 4.90 Å². The number of nitriles is 1. The SMILES string of the molecule is CN(c1ncncc1C#N)C1CC1. The van der Waals surface area contributed by atoms with Gasteiger partial charge in [0, 0.05) is 13.1 Å². The molecular formula is C9H10N4. The van der Waals surface area contributed by atoms with Crippen LogP contribution >= 0.6 is 0 Å². The molecule has 66 valence electrons. The number of anilines is 1. The molecule has 0 radical (unpaired) electrons. The van der Waals surface area contributed by atoms with Crippen LogP contribution in [0.25, 0.3) is 0 Å². The molecule has 1 heterocycles. The summed E-state index contributed by atoms with van der Waals surface area (Å²) in [6.07, 6.45) is 5.44. The molecule has 0 bridgehead atoms. The number of nitrogens with zero attached hydrogens (tertiary/aromatic N) is 4. The lowest BCUT2D eigenvalue weighted by molar-refractivity contribution is 0.882. The van der Waals surface area contributed by atoms with Crippen molar-refractivity contribution in [2.45, 2.75) is 18.9 Å². The van der Waals surface area contributed by atoms with E-state index in [0.29, 0.717) is 11.6 Å². The fourth-order valence-corrected chi connectivity index (χ4v) is 1.32. The van der Waals surface area contributed by atoms with E-state index in [4.69, 9.17) is 5.26 Å². The van der Waals surface area contributed by atoms with Crippen molar-refractivity contribution in [1.29, 1.82) is 5.26 Å². The van der Waals surface area contributed by atoms with Crippen LogP contribution in [-0.2, 0) is 0 Å². The van der Waals surface area contributed by atoms with Gasteiger partial charge in [0.1, 0.15) is 23.8 Å². The molecule has 0 aliphatic heterocycles. The third-order valence-corrected chi connectivity index (χ3v) is 2.24. The van der Waals surface area contributed by atoms with Gasteiger partial charge in [-0.25, -0.2) is 9.97 Å². The van der Waals surface area contributed by atoms with E-state index in [2.05, 4.69) is 20.9 Å². The van der Waals surface area contributed by atoms with E-state index in [1.807, 2.05) is 7.05 Å². The summed E-state index contributed by atoms with van der Waals surface area (Å²) in [6.45, 7) is 0. The van der Waals surface area contributed by atoms with E-state index in [1.165, 1.54) is 19.2 Å². The molecule has 0 saturated heterocycles. The number of hydrogen-bond acceptors (Lipinski definition) is 4. The van der Waals surface area contributed by atoms with Gasteiger partial charge in [-0.05, 0) is 12.8 Å². The lowest BCUT2D eigenvalue weighted by Gasteiger charge is -2.17. The Hall–Kier alpha value is -1.63. The summed E-state index contributed by atoms with van der Waals surface area (Å²) in [7, 11) is 1.97. The fourth-order valence-electron chi connectivity index (χ4n) is 1.32. The highest BCUT2D eigenvalue weighted by Crippen LogP contribution is 2.29. The van der Waals surface area contributed by atoms with Crippen LogP contribution in [0.1, 0.15) is 18.4 Å². The molecule has 4 nitrogen and oxygen atoms in total. The van der Waals surface area contributed by atoms with Crippen molar-refractivity contribution in [3.63, 3.8) is 0 Å². The normalized spacial score (nSPS) is 15.1. The Bertz CT molecular complexity index is 351. The molecule has 1 aliphatic rings. The Morgan fingerprint density at radius 2 is 2.38 bits per heavy atom. The summed E-state index contributed by atoms with van der Waals surface area (Å²) in [5, 5.41) is 8.81. The molecule has 13 heavy (non-hydrogen) atoms. The van der Waals surface area contributed by atoms with Crippen LogP contribution in [0, 0.1) is 11.3 Å². The van der Waals surface area contributed by atoms with Gasteiger partial charge in [-0.1, -0.05) is 0 Å². The predicted octanol–water partition coefficient (Wildman–Crippen LogP) is 0.947. The quantitative estimate of drug-likeness (QED) is 0.669. The third-order valence-electron chi connectivity index (χ3n) is 2.24. The van der Waals surface area contributed by atoms with Gasteiger partial charge in [0.2, 0.25) is 0 Å². The van der Waals surface area contributed by atoms with Crippen molar-refractivity contribution in [1.82, 2.24) is 9.97 Å². The van der Waals surface area contributed by atoms with Crippen molar-refractivity contribution in [2.24, 2.45) is 0 Å². The molecule has 0 unspecified atom stereocenters. The van der Waals surface area contributed by atoms with Gasteiger partial charge in [0.25, 0.3) is 0 Å². The Morgan fingerprint density at radius 1 is 1.62 bits per heavy atom. The summed E-state index contributed by atoms with van der Waals surface area (Å²) in [5.74, 6) is 0.750. The summed E-state index contributed by atoms with van der Waals surface area (Å²) in [4.78, 5) is 9.98. The largest absolute Gasteiger partial charge is 0.355 e.